The molecule has 1 aromatic heterocycles. The molecule has 250 valence electrons. The molecule has 1 unspecified atom stereocenters. The van der Waals surface area contributed by atoms with E-state index in [9.17, 15) is 38.1 Å². The standard InChI is InChI=1S/C24H32N4O10.C2HF3O2/c25-8-17-20(31)21(32)23(37-17)38-18(10-26-9-12-11-34-14-3-1-2-4-15(14)35-12)16-7-13(29)22(36-16)28-6-5-19(30)27-24(28)33;3-2(4,5)1(6)7/h1-6,12-13,16-18,20-23,26,29,31-32H,7-11,25H2,(H,27,30,33);(H,6,7)/t12?,13-,16+,17-,18+,20-,21-,22-,23+;/m1./s1. The lowest BCUT2D eigenvalue weighted by Gasteiger charge is -2.30. The highest BCUT2D eigenvalue weighted by molar-refractivity contribution is 5.73. The maximum atomic E-state index is 12.3. The second-order valence-corrected chi connectivity index (χ2v) is 10.3. The molecule has 19 heteroatoms. The number of hydrogen-bond acceptors (Lipinski definition) is 13. The number of benzene rings is 1. The number of halogens is 3. The number of nitrogens with two attached hydrogens (primary N) is 1. The van der Waals surface area contributed by atoms with E-state index in [2.05, 4.69) is 10.3 Å². The Morgan fingerprint density at radius 3 is 2.44 bits per heavy atom. The van der Waals surface area contributed by atoms with Gasteiger partial charge in [-0.05, 0) is 12.1 Å². The quantitative estimate of drug-likeness (QED) is 0.156. The van der Waals surface area contributed by atoms with Crippen molar-refractivity contribution in [1.29, 1.82) is 0 Å². The number of aliphatic hydroxyl groups is 3. The molecule has 45 heavy (non-hydrogen) atoms. The number of alkyl halides is 3. The largest absolute Gasteiger partial charge is 0.490 e. The fourth-order valence-electron chi connectivity index (χ4n) is 4.81. The first-order chi connectivity index (χ1) is 21.3. The number of carbonyl (C=O) groups is 1. The van der Waals surface area contributed by atoms with Gasteiger partial charge in [-0.15, -0.1) is 0 Å². The molecule has 9 atom stereocenters. The Hall–Kier alpha value is -3.56. The minimum absolute atomic E-state index is 0.0165. The number of para-hydroxylation sites is 2. The first-order valence-corrected chi connectivity index (χ1v) is 13.7. The van der Waals surface area contributed by atoms with E-state index in [1.807, 2.05) is 24.3 Å². The van der Waals surface area contributed by atoms with Gasteiger partial charge in [0.1, 0.15) is 37.1 Å². The van der Waals surface area contributed by atoms with Crippen LogP contribution in [-0.4, -0.2) is 117 Å². The number of aromatic nitrogens is 2. The summed E-state index contributed by atoms with van der Waals surface area (Å²) in [4.78, 5) is 34.7. The van der Waals surface area contributed by atoms with Crippen molar-refractivity contribution < 1.29 is 62.1 Å². The summed E-state index contributed by atoms with van der Waals surface area (Å²) >= 11 is 0. The van der Waals surface area contributed by atoms with Crippen LogP contribution < -0.4 is 31.8 Å². The van der Waals surface area contributed by atoms with E-state index in [0.29, 0.717) is 24.7 Å². The van der Waals surface area contributed by atoms with Crippen LogP contribution in [0.3, 0.4) is 0 Å². The van der Waals surface area contributed by atoms with Crippen molar-refractivity contribution in [3.05, 3.63) is 57.4 Å². The summed E-state index contributed by atoms with van der Waals surface area (Å²) in [5.41, 5.74) is 4.32. The first-order valence-electron chi connectivity index (χ1n) is 13.7. The number of hydrogen-bond donors (Lipinski definition) is 7. The van der Waals surface area contributed by atoms with Crippen LogP contribution in [0.5, 0.6) is 11.5 Å². The van der Waals surface area contributed by atoms with Crippen molar-refractivity contribution in [2.24, 2.45) is 5.73 Å². The number of nitrogens with one attached hydrogen (secondary N) is 2. The number of ether oxygens (including phenoxy) is 5. The fourth-order valence-corrected chi connectivity index (χ4v) is 4.81. The average Bonchev–Trinajstić information content (AvgIpc) is 3.50. The van der Waals surface area contributed by atoms with Gasteiger partial charge in [0.25, 0.3) is 5.56 Å². The van der Waals surface area contributed by atoms with E-state index in [0.717, 1.165) is 10.6 Å². The van der Waals surface area contributed by atoms with Gasteiger partial charge in [-0.25, -0.2) is 9.59 Å². The molecule has 2 fully saturated rings. The molecule has 16 nitrogen and oxygen atoms in total. The number of carboxylic acids is 1. The van der Waals surface area contributed by atoms with Crippen LogP contribution in [0.4, 0.5) is 13.2 Å². The summed E-state index contributed by atoms with van der Waals surface area (Å²) in [5, 5.41) is 41.7. The Bertz CT molecular complexity index is 1410. The predicted molar refractivity (Wildman–Crippen MR) is 143 cm³/mol. The van der Waals surface area contributed by atoms with E-state index in [-0.39, 0.29) is 25.6 Å². The van der Waals surface area contributed by atoms with Gasteiger partial charge in [-0.2, -0.15) is 13.2 Å². The van der Waals surface area contributed by atoms with Crippen molar-refractivity contribution >= 4 is 5.97 Å². The Kier molecular flexibility index (Phi) is 11.2. The third-order valence-corrected chi connectivity index (χ3v) is 7.04. The van der Waals surface area contributed by atoms with Crippen LogP contribution in [0.1, 0.15) is 12.6 Å². The Labute approximate surface area is 252 Å². The number of rotatable bonds is 9. The highest BCUT2D eigenvalue weighted by atomic mass is 19.4. The Balaban J connectivity index is 0.000000591. The molecule has 3 aliphatic rings. The molecule has 0 radical (unpaired) electrons. The molecule has 2 aromatic rings. The summed E-state index contributed by atoms with van der Waals surface area (Å²) in [7, 11) is 0. The van der Waals surface area contributed by atoms with Crippen LogP contribution in [0, 0.1) is 0 Å². The lowest BCUT2D eigenvalue weighted by Crippen LogP contribution is -2.47. The van der Waals surface area contributed by atoms with E-state index in [4.69, 9.17) is 39.3 Å². The third kappa shape index (κ3) is 8.58. The van der Waals surface area contributed by atoms with Gasteiger partial charge in [-0.1, -0.05) is 12.1 Å². The smallest absolute Gasteiger partial charge is 0.486 e. The molecule has 0 spiro atoms. The van der Waals surface area contributed by atoms with Crippen molar-refractivity contribution in [2.75, 3.05) is 26.2 Å². The molecule has 0 amide bonds. The van der Waals surface area contributed by atoms with E-state index in [1.165, 1.54) is 6.20 Å². The van der Waals surface area contributed by atoms with Crippen LogP contribution in [0.2, 0.25) is 0 Å². The molecule has 3 aliphatic heterocycles. The SMILES string of the molecule is NC[C@H]1O[C@@H](O[C@@H](CNCC2COc3ccccc3O2)[C@@H]2C[C@@H](O)[C@H](n3ccc(=O)[nH]c3=O)O2)[C@H](O)[C@@H]1O.O=C(O)C(F)(F)F. The molecule has 0 saturated carbocycles. The topological polar surface area (TPSA) is 237 Å². The number of H-pyrrole nitrogens is 1. The molecular weight excluding hydrogens is 617 g/mol. The summed E-state index contributed by atoms with van der Waals surface area (Å²) in [6.07, 6.45) is -12.3. The number of aliphatic hydroxyl groups excluding tert-OH is 3. The van der Waals surface area contributed by atoms with Gasteiger partial charge in [0.2, 0.25) is 0 Å². The summed E-state index contributed by atoms with van der Waals surface area (Å²) in [5.74, 6) is -1.45. The Morgan fingerprint density at radius 1 is 1.13 bits per heavy atom. The first kappa shape index (κ1) is 34.3. The molecule has 5 rings (SSSR count). The van der Waals surface area contributed by atoms with E-state index < -0.39 is 72.5 Å². The minimum atomic E-state index is -5.08. The van der Waals surface area contributed by atoms with Gasteiger partial charge in [-0.3, -0.25) is 14.3 Å². The highest BCUT2D eigenvalue weighted by Gasteiger charge is 2.47. The number of aromatic amines is 1. The van der Waals surface area contributed by atoms with E-state index >= 15 is 0 Å². The molecule has 1 aromatic carbocycles. The molecule has 0 aliphatic carbocycles. The second kappa shape index (κ2) is 14.7. The lowest BCUT2D eigenvalue weighted by molar-refractivity contribution is -0.213. The van der Waals surface area contributed by atoms with Crippen molar-refractivity contribution in [3.8, 4) is 11.5 Å². The van der Waals surface area contributed by atoms with Crippen LogP contribution in [-0.2, 0) is 19.0 Å². The summed E-state index contributed by atoms with van der Waals surface area (Å²) in [6.45, 7) is 0.883. The number of fused-ring (bicyclic) bond motifs is 1. The van der Waals surface area contributed by atoms with Crippen LogP contribution in [0.15, 0.2) is 46.1 Å². The van der Waals surface area contributed by atoms with Gasteiger partial charge in [0.05, 0.1) is 12.2 Å². The lowest BCUT2D eigenvalue weighted by atomic mass is 10.1. The van der Waals surface area contributed by atoms with Crippen molar-refractivity contribution in [2.45, 2.75) is 67.8 Å². The maximum absolute atomic E-state index is 12.3. The van der Waals surface area contributed by atoms with Crippen molar-refractivity contribution in [1.82, 2.24) is 14.9 Å². The van der Waals surface area contributed by atoms with Gasteiger partial charge in [0, 0.05) is 38.3 Å². The molecule has 8 N–H and O–H groups in total. The number of carboxylic acid groups (broad SMARTS) is 1. The monoisotopic (exact) mass is 650 g/mol. The molecule has 4 heterocycles. The van der Waals surface area contributed by atoms with Crippen LogP contribution in [0.25, 0.3) is 0 Å². The Morgan fingerprint density at radius 2 is 1.82 bits per heavy atom. The zero-order chi connectivity index (χ0) is 32.9. The zero-order valence-corrected chi connectivity index (χ0v) is 23.4. The summed E-state index contributed by atoms with van der Waals surface area (Å²) in [6, 6.07) is 8.51. The van der Waals surface area contributed by atoms with E-state index in [1.54, 1.807) is 0 Å². The number of nitrogens with zero attached hydrogens (tertiary/aromatic N) is 1. The number of aliphatic carboxylic acids is 1. The molecule has 2 saturated heterocycles. The summed E-state index contributed by atoms with van der Waals surface area (Å²) < 4.78 is 62.2. The fraction of sp³-hybridized carbons (Fsp3) is 0.577. The highest BCUT2D eigenvalue weighted by Crippen LogP contribution is 2.33. The zero-order valence-electron chi connectivity index (χ0n) is 23.4. The third-order valence-electron chi connectivity index (χ3n) is 7.04. The minimum Gasteiger partial charge on any atom is -0.486 e. The average molecular weight is 651 g/mol. The second-order valence-electron chi connectivity index (χ2n) is 10.3. The van der Waals surface area contributed by atoms with Gasteiger partial charge >= 0.3 is 17.8 Å². The predicted octanol–water partition coefficient (Wildman–Crippen LogP) is -1.96. The van der Waals surface area contributed by atoms with Crippen LogP contribution >= 0.6 is 0 Å². The normalized spacial score (nSPS) is 29.9. The van der Waals surface area contributed by atoms with Crippen molar-refractivity contribution in [3.63, 3.8) is 0 Å². The molecular formula is C26H33F3N4O12. The molecule has 0 bridgehead atoms. The van der Waals surface area contributed by atoms with Gasteiger partial charge < -0.3 is 55.2 Å². The van der Waals surface area contributed by atoms with Gasteiger partial charge in [0.15, 0.2) is 24.0 Å². The maximum Gasteiger partial charge on any atom is 0.490 e.